The molecule has 0 aliphatic carbocycles. The van der Waals surface area contributed by atoms with Crippen LogP contribution in [-0.4, -0.2) is 36.0 Å². The zero-order chi connectivity index (χ0) is 18.5. The summed E-state index contributed by atoms with van der Waals surface area (Å²) >= 11 is 0. The van der Waals surface area contributed by atoms with Crippen molar-refractivity contribution >= 4 is 22.6 Å². The summed E-state index contributed by atoms with van der Waals surface area (Å²) in [6.07, 6.45) is 5.93. The van der Waals surface area contributed by atoms with Gasteiger partial charge in [0, 0.05) is 36.9 Å². The number of hydrogen-bond acceptors (Lipinski definition) is 3. The fourth-order valence-electron chi connectivity index (χ4n) is 3.79. The Bertz CT molecular complexity index is 788. The molecule has 1 aromatic heterocycles. The highest BCUT2D eigenvalue weighted by Crippen LogP contribution is 2.26. The molecule has 0 radical (unpaired) electrons. The molecule has 5 nitrogen and oxygen atoms in total. The topological polar surface area (TPSA) is 60.3 Å². The molecule has 140 valence electrons. The lowest BCUT2D eigenvalue weighted by Crippen LogP contribution is -2.30. The first kappa shape index (κ1) is 18.6. The zero-order valence-corrected chi connectivity index (χ0v) is 15.7. The van der Waals surface area contributed by atoms with Crippen molar-refractivity contribution in [1.29, 1.82) is 0 Å². The second-order valence-electron chi connectivity index (χ2n) is 7.12. The van der Waals surface area contributed by atoms with Crippen LogP contribution < -0.4 is 5.32 Å². The first-order valence-electron chi connectivity index (χ1n) is 9.56. The van der Waals surface area contributed by atoms with Crippen molar-refractivity contribution in [2.24, 2.45) is 5.92 Å². The van der Waals surface area contributed by atoms with Gasteiger partial charge in [0.15, 0.2) is 5.78 Å². The Labute approximate surface area is 154 Å². The number of hydrogen-bond donors (Lipinski definition) is 1. The van der Waals surface area contributed by atoms with Crippen LogP contribution in [0.2, 0.25) is 0 Å². The summed E-state index contributed by atoms with van der Waals surface area (Å²) in [5.74, 6) is 0.562. The van der Waals surface area contributed by atoms with E-state index in [0.29, 0.717) is 18.0 Å². The molecule has 0 unspecified atom stereocenters. The highest BCUT2D eigenvalue weighted by Gasteiger charge is 2.17. The van der Waals surface area contributed by atoms with Crippen LogP contribution in [0, 0.1) is 5.92 Å². The predicted molar refractivity (Wildman–Crippen MR) is 102 cm³/mol. The lowest BCUT2D eigenvalue weighted by atomic mass is 9.99. The number of fused-ring (bicyclic) bond motifs is 1. The minimum absolute atomic E-state index is 0.0142. The van der Waals surface area contributed by atoms with Crippen LogP contribution in [-0.2, 0) is 22.5 Å². The molecule has 1 atom stereocenters. The van der Waals surface area contributed by atoms with E-state index in [1.807, 2.05) is 22.9 Å². The van der Waals surface area contributed by atoms with Gasteiger partial charge in [0.1, 0.15) is 6.54 Å². The SMILES string of the molecule is CCc1cccc2c(C(C)=O)cn(CC(=O)NCC[C@@H]3CCCOC3)c12. The van der Waals surface area contributed by atoms with Crippen molar-refractivity contribution in [3.8, 4) is 0 Å². The minimum Gasteiger partial charge on any atom is -0.381 e. The third-order valence-corrected chi connectivity index (χ3v) is 5.19. The Morgan fingerprint density at radius 3 is 2.88 bits per heavy atom. The quantitative estimate of drug-likeness (QED) is 0.774. The molecule has 2 heterocycles. The van der Waals surface area contributed by atoms with Crippen molar-refractivity contribution < 1.29 is 14.3 Å². The van der Waals surface area contributed by atoms with Gasteiger partial charge in [-0.15, -0.1) is 0 Å². The fraction of sp³-hybridized carbons (Fsp3) is 0.524. The third-order valence-electron chi connectivity index (χ3n) is 5.19. The predicted octanol–water partition coefficient (Wildman–Crippen LogP) is 3.34. The molecule has 1 amide bonds. The van der Waals surface area contributed by atoms with Crippen molar-refractivity contribution in [2.45, 2.75) is 46.1 Å². The van der Waals surface area contributed by atoms with Crippen molar-refractivity contribution in [1.82, 2.24) is 9.88 Å². The highest BCUT2D eigenvalue weighted by atomic mass is 16.5. The van der Waals surface area contributed by atoms with E-state index in [9.17, 15) is 9.59 Å². The van der Waals surface area contributed by atoms with E-state index in [1.54, 1.807) is 6.92 Å². The first-order chi connectivity index (χ1) is 12.6. The van der Waals surface area contributed by atoms with E-state index in [0.717, 1.165) is 48.9 Å². The number of ether oxygens (including phenoxy) is 1. The van der Waals surface area contributed by atoms with Gasteiger partial charge in [-0.25, -0.2) is 0 Å². The first-order valence-corrected chi connectivity index (χ1v) is 9.56. The Kier molecular flexibility index (Phi) is 6.09. The molecule has 0 bridgehead atoms. The van der Waals surface area contributed by atoms with Gasteiger partial charge in [-0.1, -0.05) is 25.1 Å². The van der Waals surface area contributed by atoms with E-state index in [-0.39, 0.29) is 18.2 Å². The number of aryl methyl sites for hydroxylation is 1. The summed E-state index contributed by atoms with van der Waals surface area (Å²) in [4.78, 5) is 24.4. The van der Waals surface area contributed by atoms with Crippen LogP contribution >= 0.6 is 0 Å². The standard InChI is InChI=1S/C21H28N2O3/c1-3-17-7-4-8-18-19(15(2)24)12-23(21(17)18)13-20(25)22-10-9-16-6-5-11-26-14-16/h4,7-8,12,16H,3,5-6,9-11,13-14H2,1-2H3,(H,22,25)/t16-/m0/s1. The normalized spacial score (nSPS) is 17.4. The molecular formula is C21H28N2O3. The van der Waals surface area contributed by atoms with Crippen molar-refractivity contribution in [3.63, 3.8) is 0 Å². The maximum absolute atomic E-state index is 12.4. The van der Waals surface area contributed by atoms with Crippen molar-refractivity contribution in [2.75, 3.05) is 19.8 Å². The smallest absolute Gasteiger partial charge is 0.239 e. The molecule has 3 rings (SSSR count). The summed E-state index contributed by atoms with van der Waals surface area (Å²) in [5.41, 5.74) is 2.83. The molecule has 5 heteroatoms. The number of amides is 1. The number of Topliss-reactive ketones (excluding diaryl/α,β-unsaturated/α-hetero) is 1. The summed E-state index contributed by atoms with van der Waals surface area (Å²) in [7, 11) is 0. The van der Waals surface area contributed by atoms with Gasteiger partial charge in [0.05, 0.1) is 5.52 Å². The molecule has 1 aliphatic rings. The van der Waals surface area contributed by atoms with Crippen LogP contribution in [0.5, 0.6) is 0 Å². The molecule has 1 aliphatic heterocycles. The maximum atomic E-state index is 12.4. The molecule has 2 aromatic rings. The van der Waals surface area contributed by atoms with E-state index in [4.69, 9.17) is 4.74 Å². The number of carbonyl (C=O) groups is 2. The van der Waals surface area contributed by atoms with E-state index < -0.39 is 0 Å². The largest absolute Gasteiger partial charge is 0.381 e. The minimum atomic E-state index is -0.0142. The molecule has 0 spiro atoms. The van der Waals surface area contributed by atoms with Crippen LogP contribution in [0.15, 0.2) is 24.4 Å². The number of rotatable bonds is 7. The molecule has 26 heavy (non-hydrogen) atoms. The zero-order valence-electron chi connectivity index (χ0n) is 15.7. The Morgan fingerprint density at radius 1 is 1.35 bits per heavy atom. The van der Waals surface area contributed by atoms with Crippen LogP contribution in [0.3, 0.4) is 0 Å². The molecule has 1 saturated heterocycles. The third kappa shape index (κ3) is 4.15. The number of benzene rings is 1. The summed E-state index contributed by atoms with van der Waals surface area (Å²) in [6.45, 7) is 6.24. The van der Waals surface area contributed by atoms with Crippen molar-refractivity contribution in [3.05, 3.63) is 35.5 Å². The maximum Gasteiger partial charge on any atom is 0.239 e. The number of nitrogens with zero attached hydrogens (tertiary/aromatic N) is 1. The van der Waals surface area contributed by atoms with Gasteiger partial charge in [0.25, 0.3) is 0 Å². The Morgan fingerprint density at radius 2 is 2.19 bits per heavy atom. The summed E-state index contributed by atoms with van der Waals surface area (Å²) in [6, 6.07) is 6.00. The van der Waals surface area contributed by atoms with Gasteiger partial charge in [-0.05, 0) is 44.1 Å². The lowest BCUT2D eigenvalue weighted by molar-refractivity contribution is -0.121. The fourth-order valence-corrected chi connectivity index (χ4v) is 3.79. The monoisotopic (exact) mass is 356 g/mol. The number of ketones is 1. The van der Waals surface area contributed by atoms with Gasteiger partial charge in [-0.2, -0.15) is 0 Å². The van der Waals surface area contributed by atoms with Gasteiger partial charge in [0.2, 0.25) is 5.91 Å². The Balaban J connectivity index is 1.69. The average Bonchev–Trinajstić information content (AvgIpc) is 3.01. The Hall–Kier alpha value is -2.14. The number of nitrogens with one attached hydrogen (secondary N) is 1. The van der Waals surface area contributed by atoms with Gasteiger partial charge in [-0.3, -0.25) is 9.59 Å². The lowest BCUT2D eigenvalue weighted by Gasteiger charge is -2.21. The number of aromatic nitrogens is 1. The summed E-state index contributed by atoms with van der Waals surface area (Å²) < 4.78 is 7.41. The second kappa shape index (κ2) is 8.49. The number of carbonyl (C=O) groups excluding carboxylic acids is 2. The van der Waals surface area contributed by atoms with Gasteiger partial charge >= 0.3 is 0 Å². The highest BCUT2D eigenvalue weighted by molar-refractivity contribution is 6.07. The summed E-state index contributed by atoms with van der Waals surface area (Å²) in [5, 5.41) is 3.95. The van der Waals surface area contributed by atoms with Crippen LogP contribution in [0.1, 0.15) is 49.0 Å². The molecule has 0 saturated carbocycles. The van der Waals surface area contributed by atoms with Crippen LogP contribution in [0.25, 0.3) is 10.9 Å². The van der Waals surface area contributed by atoms with E-state index in [2.05, 4.69) is 18.3 Å². The van der Waals surface area contributed by atoms with E-state index in [1.165, 1.54) is 6.42 Å². The second-order valence-corrected chi connectivity index (χ2v) is 7.12. The molecule has 1 aromatic carbocycles. The average molecular weight is 356 g/mol. The van der Waals surface area contributed by atoms with E-state index >= 15 is 0 Å². The molecular weight excluding hydrogens is 328 g/mol. The van der Waals surface area contributed by atoms with Crippen LogP contribution in [0.4, 0.5) is 0 Å². The number of para-hydroxylation sites is 1. The molecule has 1 fully saturated rings. The molecule has 1 N–H and O–H groups in total. The van der Waals surface area contributed by atoms with Gasteiger partial charge < -0.3 is 14.6 Å².